The Morgan fingerprint density at radius 1 is 0.919 bits per heavy atom. The third-order valence-electron chi connectivity index (χ3n) is 12.8. The number of hydrogen-bond acceptors (Lipinski definition) is 10. The minimum absolute atomic E-state index is 0.0261. The molecule has 14 heteroatoms. The van der Waals surface area contributed by atoms with E-state index >= 15 is 0 Å². The number of nitrogens with one attached hydrogen (secondary N) is 2. The Morgan fingerprint density at radius 3 is 2.11 bits per heavy atom. The number of rotatable bonds is 19. The van der Waals surface area contributed by atoms with Gasteiger partial charge in [-0.05, 0) is 68.8 Å². The van der Waals surface area contributed by atoms with Crippen LogP contribution in [0.2, 0.25) is 0 Å². The normalized spacial score (nSPS) is 18.3. The summed E-state index contributed by atoms with van der Waals surface area (Å²) in [4.78, 5) is 72.3. The van der Waals surface area contributed by atoms with E-state index in [0.717, 1.165) is 27.8 Å². The lowest BCUT2D eigenvalue weighted by atomic mass is 9.84. The Morgan fingerprint density at radius 2 is 1.56 bits per heavy atom. The number of likely N-dealkylation sites (tertiary alicyclic amines) is 1. The van der Waals surface area contributed by atoms with Crippen LogP contribution in [0.5, 0.6) is 0 Å². The average molecular weight is 875 g/mol. The maximum Gasteiger partial charge on any atom is 0.407 e. The fraction of sp³-hybridized carbons (Fsp3) is 0.562. The summed E-state index contributed by atoms with van der Waals surface area (Å²) in [5.74, 6) is -2.36. The molecular formula is C48H66N4O9S. The molecule has 1 fully saturated rings. The Kier molecular flexibility index (Phi) is 16.8. The molecule has 1 saturated heterocycles. The largest absolute Gasteiger partial charge is 0.467 e. The highest BCUT2D eigenvalue weighted by atomic mass is 32.1. The number of likely N-dealkylation sites (N-methyl/N-ethyl adjacent to an activating group) is 1. The van der Waals surface area contributed by atoms with E-state index in [1.807, 2.05) is 75.7 Å². The van der Waals surface area contributed by atoms with Crippen LogP contribution in [0.1, 0.15) is 89.8 Å². The minimum atomic E-state index is -0.954. The van der Waals surface area contributed by atoms with E-state index in [1.54, 1.807) is 30.9 Å². The molecule has 13 nitrogen and oxygen atoms in total. The molecule has 2 N–H and O–H groups in total. The zero-order chi connectivity index (χ0) is 45.3. The molecule has 338 valence electrons. The van der Waals surface area contributed by atoms with Gasteiger partial charge in [-0.3, -0.25) is 14.4 Å². The molecule has 2 aliphatic rings. The summed E-state index contributed by atoms with van der Waals surface area (Å²) < 4.78 is 22.9. The number of amides is 4. The first-order valence-electron chi connectivity index (χ1n) is 21.7. The molecule has 62 heavy (non-hydrogen) atoms. The van der Waals surface area contributed by atoms with Crippen molar-refractivity contribution >= 4 is 41.1 Å². The van der Waals surface area contributed by atoms with Gasteiger partial charge in [-0.1, -0.05) is 96.5 Å². The summed E-state index contributed by atoms with van der Waals surface area (Å²) in [5, 5.41) is 9.59. The van der Waals surface area contributed by atoms with E-state index < -0.39 is 59.8 Å². The number of nitrogens with zero attached hydrogens (tertiary/aromatic N) is 2. The molecule has 1 aliphatic carbocycles. The van der Waals surface area contributed by atoms with Crippen LogP contribution >= 0.6 is 11.3 Å². The average Bonchev–Trinajstić information content (AvgIpc) is 4.03. The molecule has 8 atom stereocenters. The molecule has 0 unspecified atom stereocenters. The van der Waals surface area contributed by atoms with Crippen LogP contribution in [0.3, 0.4) is 0 Å². The van der Waals surface area contributed by atoms with Crippen LogP contribution in [-0.2, 0) is 44.5 Å². The van der Waals surface area contributed by atoms with Gasteiger partial charge in [0.2, 0.25) is 17.7 Å². The van der Waals surface area contributed by atoms with Gasteiger partial charge in [0.1, 0.15) is 18.7 Å². The van der Waals surface area contributed by atoms with Crippen molar-refractivity contribution < 1.29 is 42.9 Å². The predicted molar refractivity (Wildman–Crippen MR) is 240 cm³/mol. The zero-order valence-electron chi connectivity index (χ0n) is 38.0. The Labute approximate surface area is 371 Å². The quantitative estimate of drug-likeness (QED) is 0.124. The number of carbonyl (C=O) groups excluding carboxylic acids is 5. The third kappa shape index (κ3) is 11.0. The number of fused-ring (bicyclic) bond motifs is 3. The number of thiophene rings is 1. The molecule has 2 aromatic carbocycles. The Balaban J connectivity index is 1.27. The Hall–Kier alpha value is -4.79. The summed E-state index contributed by atoms with van der Waals surface area (Å²) in [6.45, 7) is 12.0. The van der Waals surface area contributed by atoms with Gasteiger partial charge in [0, 0.05) is 40.2 Å². The second-order valence-electron chi connectivity index (χ2n) is 17.8. The van der Waals surface area contributed by atoms with Crippen molar-refractivity contribution in [3.05, 3.63) is 82.0 Å². The van der Waals surface area contributed by atoms with E-state index in [1.165, 1.54) is 25.6 Å². The van der Waals surface area contributed by atoms with Crippen LogP contribution in [0.4, 0.5) is 4.79 Å². The van der Waals surface area contributed by atoms with Gasteiger partial charge in [-0.15, -0.1) is 0 Å². The van der Waals surface area contributed by atoms with Crippen molar-refractivity contribution in [1.82, 2.24) is 20.4 Å². The highest BCUT2D eigenvalue weighted by molar-refractivity contribution is 7.07. The van der Waals surface area contributed by atoms with E-state index in [4.69, 9.17) is 18.9 Å². The smallest absolute Gasteiger partial charge is 0.407 e. The van der Waals surface area contributed by atoms with Gasteiger partial charge in [-0.25, -0.2) is 9.59 Å². The number of carbonyl (C=O) groups is 5. The van der Waals surface area contributed by atoms with Crippen LogP contribution in [0.25, 0.3) is 11.1 Å². The van der Waals surface area contributed by atoms with Gasteiger partial charge in [-0.2, -0.15) is 11.3 Å². The number of hydrogen-bond donors (Lipinski definition) is 2. The lowest BCUT2D eigenvalue weighted by molar-refractivity contribution is -0.148. The van der Waals surface area contributed by atoms with E-state index in [-0.39, 0.29) is 49.0 Å². The van der Waals surface area contributed by atoms with E-state index in [2.05, 4.69) is 34.9 Å². The topological polar surface area (TPSA) is 153 Å². The predicted octanol–water partition coefficient (Wildman–Crippen LogP) is 6.82. The lowest BCUT2D eigenvalue weighted by Crippen LogP contribution is -2.59. The summed E-state index contributed by atoms with van der Waals surface area (Å²) in [7, 11) is 6.06. The van der Waals surface area contributed by atoms with Gasteiger partial charge >= 0.3 is 12.1 Å². The summed E-state index contributed by atoms with van der Waals surface area (Å²) in [5.41, 5.74) is 4.63. The SMILES string of the molecule is CC[C@H](C)[C@@H]([C@@H](CC(=O)N1CCC[C@H]1[C@H](OC)[C@@H](C)C(=O)N[C@@H](Cc1ccsc1)C(=O)OC)OC)N(C)C(=O)[C@@H](NC(=O)OCC1c2ccccc2-c2ccccc21)C(C)(C)C. The number of benzene rings is 2. The highest BCUT2D eigenvalue weighted by Crippen LogP contribution is 2.44. The zero-order valence-corrected chi connectivity index (χ0v) is 38.8. The molecular weight excluding hydrogens is 809 g/mol. The van der Waals surface area contributed by atoms with Crippen molar-refractivity contribution in [2.45, 2.75) is 116 Å². The number of esters is 1. The Bertz CT molecular complexity index is 1960. The summed E-state index contributed by atoms with van der Waals surface area (Å²) >= 11 is 1.50. The molecule has 2 heterocycles. The fourth-order valence-corrected chi connectivity index (χ4v) is 9.88. The molecule has 1 aliphatic heterocycles. The standard InChI is InChI=1S/C48H66N4O9S/c1-11-29(2)41(51(7)45(55)43(48(4,5)6)50-47(57)61-27-36-34-19-14-12-17-32(34)33-18-13-15-20-35(33)36)39(58-8)26-40(53)52-23-16-21-38(52)42(59-9)30(3)44(54)49-37(46(56)60-10)25-31-22-24-62-28-31/h12-15,17-20,22,24,28-30,36-39,41-43H,11,16,21,23,25-27H2,1-10H3,(H,49,54)(H,50,57)/t29-,30+,37-,38-,39+,41-,42+,43+/m0/s1. The monoisotopic (exact) mass is 874 g/mol. The van der Waals surface area contributed by atoms with E-state index in [0.29, 0.717) is 25.8 Å². The molecule has 5 rings (SSSR count). The van der Waals surface area contributed by atoms with Gasteiger partial charge in [0.15, 0.2) is 0 Å². The molecule has 3 aromatic rings. The first kappa shape index (κ1) is 48.2. The second-order valence-corrected chi connectivity index (χ2v) is 18.6. The molecule has 1 aromatic heterocycles. The molecule has 0 saturated carbocycles. The van der Waals surface area contributed by atoms with Crippen LogP contribution < -0.4 is 10.6 Å². The minimum Gasteiger partial charge on any atom is -0.467 e. The van der Waals surface area contributed by atoms with E-state index in [9.17, 15) is 24.0 Å². The maximum absolute atomic E-state index is 14.6. The number of alkyl carbamates (subject to hydrolysis) is 1. The molecule has 0 radical (unpaired) electrons. The first-order valence-corrected chi connectivity index (χ1v) is 22.6. The number of methoxy groups -OCH3 is 3. The van der Waals surface area contributed by atoms with Gasteiger partial charge < -0.3 is 39.4 Å². The van der Waals surface area contributed by atoms with Crippen LogP contribution in [-0.4, -0.2) is 117 Å². The van der Waals surface area contributed by atoms with Crippen LogP contribution in [0.15, 0.2) is 65.4 Å². The molecule has 0 bridgehead atoms. The fourth-order valence-electron chi connectivity index (χ4n) is 9.20. The third-order valence-corrected chi connectivity index (χ3v) is 13.5. The second kappa shape index (κ2) is 21.5. The molecule has 4 amide bonds. The van der Waals surface area contributed by atoms with Gasteiger partial charge in [0.05, 0.1) is 43.7 Å². The van der Waals surface area contributed by atoms with Crippen molar-refractivity contribution in [2.75, 3.05) is 41.5 Å². The number of ether oxygens (including phenoxy) is 4. The molecule has 0 spiro atoms. The first-order chi connectivity index (χ1) is 29.6. The van der Waals surface area contributed by atoms with Gasteiger partial charge in [0.25, 0.3) is 0 Å². The van der Waals surface area contributed by atoms with Crippen molar-refractivity contribution in [3.8, 4) is 11.1 Å². The van der Waals surface area contributed by atoms with Crippen LogP contribution in [0, 0.1) is 17.3 Å². The summed E-state index contributed by atoms with van der Waals surface area (Å²) in [6, 6.07) is 15.4. The van der Waals surface area contributed by atoms with Crippen molar-refractivity contribution in [3.63, 3.8) is 0 Å². The van der Waals surface area contributed by atoms with Crippen molar-refractivity contribution in [1.29, 1.82) is 0 Å². The lowest BCUT2D eigenvalue weighted by Gasteiger charge is -2.42. The maximum atomic E-state index is 14.6. The summed E-state index contributed by atoms with van der Waals surface area (Å²) in [6.07, 6.45) is 0.252. The van der Waals surface area contributed by atoms with Crippen molar-refractivity contribution in [2.24, 2.45) is 17.3 Å². The highest BCUT2D eigenvalue weighted by Gasteiger charge is 2.44.